The van der Waals surface area contributed by atoms with Crippen LogP contribution in [0.3, 0.4) is 0 Å². The van der Waals surface area contributed by atoms with Gasteiger partial charge in [-0.1, -0.05) is 36.4 Å². The van der Waals surface area contributed by atoms with Crippen molar-refractivity contribution in [3.8, 4) is 22.4 Å². The van der Waals surface area contributed by atoms with Crippen molar-refractivity contribution in [2.45, 2.75) is 27.6 Å². The zero-order valence-corrected chi connectivity index (χ0v) is 17.1. The molecule has 0 radical (unpaired) electrons. The monoisotopic (exact) mass is 399 g/mol. The van der Waals surface area contributed by atoms with Crippen LogP contribution in [-0.4, -0.2) is 4.98 Å². The lowest BCUT2D eigenvalue weighted by Crippen LogP contribution is -2.31. The summed E-state index contributed by atoms with van der Waals surface area (Å²) in [5.41, 5.74) is 5.46. The fourth-order valence-corrected chi connectivity index (χ4v) is 4.13. The molecule has 148 valence electrons. The highest BCUT2D eigenvalue weighted by molar-refractivity contribution is 6.10. The molecule has 0 spiro atoms. The van der Waals surface area contributed by atoms with Gasteiger partial charge in [0.15, 0.2) is 11.8 Å². The Morgan fingerprint density at radius 1 is 0.933 bits per heavy atom. The molecule has 30 heavy (non-hydrogen) atoms. The average Bonchev–Trinajstić information content (AvgIpc) is 3.16. The number of hydrogen-bond acceptors (Lipinski definition) is 2. The molecular weight excluding hydrogens is 368 g/mol. The molecule has 0 aliphatic heterocycles. The van der Waals surface area contributed by atoms with Crippen LogP contribution in [0.15, 0.2) is 65.2 Å². The summed E-state index contributed by atoms with van der Waals surface area (Å²) >= 11 is 0. The second kappa shape index (κ2) is 6.81. The third kappa shape index (κ3) is 2.81. The van der Waals surface area contributed by atoms with E-state index in [4.69, 9.17) is 12.6 Å². The largest absolute Gasteiger partial charge is 0.437 e. The van der Waals surface area contributed by atoms with Gasteiger partial charge in [0.05, 0.1) is 5.56 Å². The summed E-state index contributed by atoms with van der Waals surface area (Å²) < 4.78 is 56.9. The molecule has 0 unspecified atom stereocenters. The van der Waals surface area contributed by atoms with E-state index in [2.05, 4.69) is 4.98 Å². The van der Waals surface area contributed by atoms with E-state index in [9.17, 15) is 0 Å². The Bertz CT molecular complexity index is 1630. The highest BCUT2D eigenvalue weighted by Gasteiger charge is 2.24. The second-order valence-corrected chi connectivity index (χ2v) is 7.69. The van der Waals surface area contributed by atoms with Gasteiger partial charge in [-0.25, -0.2) is 9.55 Å². The van der Waals surface area contributed by atoms with Crippen LogP contribution in [0, 0.1) is 27.6 Å². The fraction of sp³-hybridized carbons (Fsp3) is 0.185. The summed E-state index contributed by atoms with van der Waals surface area (Å²) in [6.45, 7) is -0.984. The van der Waals surface area contributed by atoms with E-state index < -0.39 is 13.7 Å². The smallest absolute Gasteiger partial charge is 0.227 e. The van der Waals surface area contributed by atoms with Crippen molar-refractivity contribution in [1.82, 2.24) is 4.98 Å². The maximum absolute atomic E-state index is 8.17. The molecule has 2 aromatic carbocycles. The van der Waals surface area contributed by atoms with E-state index in [0.717, 1.165) is 11.3 Å². The maximum Gasteiger partial charge on any atom is 0.227 e. The first kappa shape index (κ1) is 13.0. The standard InChI is InChI=1S/C27H25N2O/c1-16-13-17(2)25(26-24(16)21-12-11-19(4)28-27(21)30-26)23-14-22(18(3)15-29(23)5)20-9-7-6-8-10-20/h6-15H,1-5H3/q+1/i1D3,3D3. The average molecular weight is 400 g/mol. The number of pyridine rings is 2. The van der Waals surface area contributed by atoms with E-state index in [0.29, 0.717) is 44.5 Å². The van der Waals surface area contributed by atoms with Gasteiger partial charge in [-0.3, -0.25) is 0 Å². The van der Waals surface area contributed by atoms with Gasteiger partial charge >= 0.3 is 0 Å². The summed E-state index contributed by atoms with van der Waals surface area (Å²) in [5.74, 6) is 0. The van der Waals surface area contributed by atoms with Crippen molar-refractivity contribution in [2.24, 2.45) is 7.05 Å². The van der Waals surface area contributed by atoms with Crippen molar-refractivity contribution in [3.63, 3.8) is 0 Å². The maximum atomic E-state index is 8.17. The molecule has 3 aromatic heterocycles. The number of aryl methyl sites for hydroxylation is 5. The Hall–Kier alpha value is -3.46. The Kier molecular flexibility index (Phi) is 2.94. The molecular formula is C27H25N2O+. The number of benzene rings is 2. The predicted octanol–water partition coefficient (Wildman–Crippen LogP) is 6.37. The molecule has 5 rings (SSSR count). The quantitative estimate of drug-likeness (QED) is 0.323. The van der Waals surface area contributed by atoms with E-state index >= 15 is 0 Å². The van der Waals surface area contributed by atoms with Gasteiger partial charge in [0.25, 0.3) is 0 Å². The van der Waals surface area contributed by atoms with Gasteiger partial charge in [0, 0.05) is 36.3 Å². The van der Waals surface area contributed by atoms with E-state index in [1.165, 1.54) is 0 Å². The fourth-order valence-electron chi connectivity index (χ4n) is 4.13. The number of hydrogen-bond donors (Lipinski definition) is 0. The molecule has 0 atom stereocenters. The molecule has 3 heteroatoms. The topological polar surface area (TPSA) is 29.9 Å². The number of rotatable bonds is 2. The minimum Gasteiger partial charge on any atom is -0.437 e. The first-order valence-corrected chi connectivity index (χ1v) is 9.80. The zero-order valence-electron chi connectivity index (χ0n) is 23.1. The van der Waals surface area contributed by atoms with E-state index in [1.807, 2.05) is 62.4 Å². The summed E-state index contributed by atoms with van der Waals surface area (Å²) in [4.78, 5) is 4.50. The van der Waals surface area contributed by atoms with Crippen molar-refractivity contribution in [2.75, 3.05) is 0 Å². The van der Waals surface area contributed by atoms with Crippen LogP contribution in [0.4, 0.5) is 0 Å². The third-order valence-electron chi connectivity index (χ3n) is 5.56. The molecule has 3 nitrogen and oxygen atoms in total. The van der Waals surface area contributed by atoms with Crippen LogP contribution in [-0.2, 0) is 7.05 Å². The van der Waals surface area contributed by atoms with Crippen molar-refractivity contribution in [1.29, 1.82) is 0 Å². The van der Waals surface area contributed by atoms with Crippen molar-refractivity contribution < 1.29 is 17.2 Å². The molecule has 0 aliphatic carbocycles. The second-order valence-electron chi connectivity index (χ2n) is 7.69. The van der Waals surface area contributed by atoms with Crippen LogP contribution in [0.1, 0.15) is 30.6 Å². The third-order valence-corrected chi connectivity index (χ3v) is 5.56. The molecule has 0 bridgehead atoms. The molecule has 5 aromatic rings. The van der Waals surface area contributed by atoms with Gasteiger partial charge in [0.1, 0.15) is 7.05 Å². The van der Waals surface area contributed by atoms with Crippen LogP contribution >= 0.6 is 0 Å². The van der Waals surface area contributed by atoms with Crippen LogP contribution in [0.5, 0.6) is 0 Å². The Morgan fingerprint density at radius 2 is 1.73 bits per heavy atom. The number of fused-ring (bicyclic) bond motifs is 3. The van der Waals surface area contributed by atoms with Crippen molar-refractivity contribution >= 4 is 22.1 Å². The normalized spacial score (nSPS) is 15.3. The molecule has 0 fully saturated rings. The predicted molar refractivity (Wildman–Crippen MR) is 123 cm³/mol. The Balaban J connectivity index is 1.92. The van der Waals surface area contributed by atoms with Gasteiger partial charge < -0.3 is 4.42 Å². The molecule has 0 saturated carbocycles. The number of nitrogens with zero attached hydrogens (tertiary/aromatic N) is 2. The molecule has 0 amide bonds. The minimum absolute atomic E-state index is 0.202. The SMILES string of the molecule is [2H]C([2H])([2H])c1c[n+](C)c(-c2c(C)cc(C([2H])([2H])[2H])c3c2oc2nc(C)ccc23)cc1-c1ccccc1. The summed E-state index contributed by atoms with van der Waals surface area (Å²) in [5, 5.41) is 1.13. The Morgan fingerprint density at radius 3 is 2.50 bits per heavy atom. The van der Waals surface area contributed by atoms with Gasteiger partial charge in [-0.05, 0) is 61.9 Å². The molecule has 0 saturated heterocycles. The molecule has 3 heterocycles. The van der Waals surface area contributed by atoms with E-state index in [1.54, 1.807) is 23.9 Å². The highest BCUT2D eigenvalue weighted by atomic mass is 16.3. The highest BCUT2D eigenvalue weighted by Crippen LogP contribution is 2.39. The van der Waals surface area contributed by atoms with Gasteiger partial charge in [-0.15, -0.1) is 0 Å². The van der Waals surface area contributed by atoms with Crippen LogP contribution < -0.4 is 4.57 Å². The van der Waals surface area contributed by atoms with Crippen LogP contribution in [0.2, 0.25) is 0 Å². The Labute approximate surface area is 185 Å². The van der Waals surface area contributed by atoms with Crippen LogP contribution in [0.25, 0.3) is 44.5 Å². The van der Waals surface area contributed by atoms with Gasteiger partial charge in [0.2, 0.25) is 11.4 Å². The number of aromatic nitrogens is 2. The molecule has 0 aliphatic rings. The summed E-state index contributed by atoms with van der Waals surface area (Å²) in [6.07, 6.45) is 1.62. The van der Waals surface area contributed by atoms with Crippen molar-refractivity contribution in [3.05, 3.63) is 83.2 Å². The summed E-state index contributed by atoms with van der Waals surface area (Å²) in [6, 6.07) is 16.6. The lowest BCUT2D eigenvalue weighted by atomic mass is 9.94. The lowest BCUT2D eigenvalue weighted by Gasteiger charge is -2.11. The summed E-state index contributed by atoms with van der Waals surface area (Å²) in [7, 11) is 1.79. The first-order chi connectivity index (χ1) is 16.9. The van der Waals surface area contributed by atoms with Gasteiger partial charge in [-0.2, -0.15) is 0 Å². The zero-order chi connectivity index (χ0) is 26.0. The number of furan rings is 1. The van der Waals surface area contributed by atoms with E-state index in [-0.39, 0.29) is 11.1 Å². The lowest BCUT2D eigenvalue weighted by molar-refractivity contribution is -0.660. The minimum atomic E-state index is -2.36. The molecule has 0 N–H and O–H groups in total. The first-order valence-electron chi connectivity index (χ1n) is 12.8.